The first-order valence-electron chi connectivity index (χ1n) is 8.67. The standard InChI is InChI=1S/C21H24N2O2/c1-21(2,3)16-8-10-17(11-9-16)22-20(25)15-6-12-18(13-7-15)23-14-4-5-19(23)24/h6-13H,4-5,14H2,1-3H3,(H,22,25). The Bertz CT molecular complexity index is 771. The third-order valence-corrected chi connectivity index (χ3v) is 4.52. The predicted octanol–water partition coefficient (Wildman–Crippen LogP) is 4.36. The molecule has 0 spiro atoms. The van der Waals surface area contributed by atoms with E-state index >= 15 is 0 Å². The van der Waals surface area contributed by atoms with Crippen molar-refractivity contribution in [2.45, 2.75) is 39.0 Å². The number of rotatable bonds is 3. The molecule has 1 aliphatic rings. The van der Waals surface area contributed by atoms with Crippen LogP contribution in [0.25, 0.3) is 0 Å². The Kier molecular flexibility index (Phi) is 4.62. The number of nitrogens with one attached hydrogen (secondary N) is 1. The van der Waals surface area contributed by atoms with Crippen LogP contribution >= 0.6 is 0 Å². The number of nitrogens with zero attached hydrogens (tertiary/aromatic N) is 1. The minimum atomic E-state index is -0.150. The average molecular weight is 336 g/mol. The van der Waals surface area contributed by atoms with E-state index in [2.05, 4.69) is 26.1 Å². The van der Waals surface area contributed by atoms with Crippen LogP contribution in [0.4, 0.5) is 11.4 Å². The molecular formula is C21H24N2O2. The molecular weight excluding hydrogens is 312 g/mol. The van der Waals surface area contributed by atoms with Gasteiger partial charge in [0.05, 0.1) is 0 Å². The highest BCUT2D eigenvalue weighted by Crippen LogP contribution is 2.24. The third-order valence-electron chi connectivity index (χ3n) is 4.52. The number of carbonyl (C=O) groups excluding carboxylic acids is 2. The summed E-state index contributed by atoms with van der Waals surface area (Å²) in [7, 11) is 0. The van der Waals surface area contributed by atoms with Crippen LogP contribution in [0.1, 0.15) is 49.5 Å². The van der Waals surface area contributed by atoms with Gasteiger partial charge in [0.15, 0.2) is 0 Å². The molecule has 4 nitrogen and oxygen atoms in total. The Morgan fingerprint density at radius 1 is 1.00 bits per heavy atom. The summed E-state index contributed by atoms with van der Waals surface area (Å²) in [6, 6.07) is 15.1. The van der Waals surface area contributed by atoms with Crippen LogP contribution in [0, 0.1) is 0 Å². The zero-order valence-corrected chi connectivity index (χ0v) is 15.0. The summed E-state index contributed by atoms with van der Waals surface area (Å²) in [5, 5.41) is 2.92. The topological polar surface area (TPSA) is 49.4 Å². The van der Waals surface area contributed by atoms with Crippen molar-refractivity contribution < 1.29 is 9.59 Å². The molecule has 0 aromatic heterocycles. The van der Waals surface area contributed by atoms with Gasteiger partial charge < -0.3 is 10.2 Å². The summed E-state index contributed by atoms with van der Waals surface area (Å²) in [5.41, 5.74) is 3.52. The lowest BCUT2D eigenvalue weighted by Crippen LogP contribution is -2.23. The fraction of sp³-hybridized carbons (Fsp3) is 0.333. The van der Waals surface area contributed by atoms with E-state index in [1.54, 1.807) is 17.0 Å². The SMILES string of the molecule is CC(C)(C)c1ccc(NC(=O)c2ccc(N3CCCC3=O)cc2)cc1. The Morgan fingerprint density at radius 3 is 2.16 bits per heavy atom. The highest BCUT2D eigenvalue weighted by molar-refractivity contribution is 6.04. The van der Waals surface area contributed by atoms with E-state index < -0.39 is 0 Å². The number of benzene rings is 2. The van der Waals surface area contributed by atoms with Crippen molar-refractivity contribution in [2.75, 3.05) is 16.8 Å². The van der Waals surface area contributed by atoms with E-state index in [4.69, 9.17) is 0 Å². The second kappa shape index (κ2) is 6.71. The van der Waals surface area contributed by atoms with Crippen LogP contribution < -0.4 is 10.2 Å². The van der Waals surface area contributed by atoms with Crippen LogP contribution in [0.2, 0.25) is 0 Å². The smallest absolute Gasteiger partial charge is 0.255 e. The second-order valence-corrected chi connectivity index (χ2v) is 7.48. The van der Waals surface area contributed by atoms with Gasteiger partial charge in [-0.2, -0.15) is 0 Å². The highest BCUT2D eigenvalue weighted by Gasteiger charge is 2.21. The van der Waals surface area contributed by atoms with Gasteiger partial charge in [0.1, 0.15) is 0 Å². The van der Waals surface area contributed by atoms with Crippen molar-refractivity contribution in [1.29, 1.82) is 0 Å². The fourth-order valence-electron chi connectivity index (χ4n) is 2.97. The maximum atomic E-state index is 12.4. The molecule has 25 heavy (non-hydrogen) atoms. The molecule has 1 aliphatic heterocycles. The van der Waals surface area contributed by atoms with E-state index in [0.29, 0.717) is 12.0 Å². The molecule has 0 saturated carbocycles. The first-order chi connectivity index (χ1) is 11.8. The Hall–Kier alpha value is -2.62. The number of anilines is 2. The molecule has 0 atom stereocenters. The first kappa shape index (κ1) is 17.2. The monoisotopic (exact) mass is 336 g/mol. The Morgan fingerprint density at radius 2 is 1.64 bits per heavy atom. The van der Waals surface area contributed by atoms with Crippen molar-refractivity contribution in [1.82, 2.24) is 0 Å². The largest absolute Gasteiger partial charge is 0.322 e. The van der Waals surface area contributed by atoms with Crippen molar-refractivity contribution in [3.8, 4) is 0 Å². The van der Waals surface area contributed by atoms with Crippen molar-refractivity contribution >= 4 is 23.2 Å². The van der Waals surface area contributed by atoms with Gasteiger partial charge >= 0.3 is 0 Å². The summed E-state index contributed by atoms with van der Waals surface area (Å²) in [4.78, 5) is 26.0. The normalized spacial score (nSPS) is 14.7. The second-order valence-electron chi connectivity index (χ2n) is 7.48. The van der Waals surface area contributed by atoms with E-state index in [1.165, 1.54) is 5.56 Å². The predicted molar refractivity (Wildman–Crippen MR) is 101 cm³/mol. The van der Waals surface area contributed by atoms with Gasteiger partial charge in [-0.25, -0.2) is 0 Å². The molecule has 1 N–H and O–H groups in total. The fourth-order valence-corrected chi connectivity index (χ4v) is 2.97. The number of hydrogen-bond acceptors (Lipinski definition) is 2. The molecule has 0 aliphatic carbocycles. The molecule has 0 bridgehead atoms. The number of carbonyl (C=O) groups is 2. The van der Waals surface area contributed by atoms with E-state index in [0.717, 1.165) is 24.3 Å². The van der Waals surface area contributed by atoms with Gasteiger partial charge in [-0.1, -0.05) is 32.9 Å². The van der Waals surface area contributed by atoms with Crippen molar-refractivity contribution in [3.63, 3.8) is 0 Å². The summed E-state index contributed by atoms with van der Waals surface area (Å²) in [5.74, 6) is -0.000975. The van der Waals surface area contributed by atoms with Gasteiger partial charge in [0.25, 0.3) is 5.91 Å². The molecule has 0 unspecified atom stereocenters. The molecule has 2 aromatic carbocycles. The van der Waals surface area contributed by atoms with Gasteiger partial charge in [-0.3, -0.25) is 9.59 Å². The van der Waals surface area contributed by atoms with Crippen LogP contribution in [0.5, 0.6) is 0 Å². The van der Waals surface area contributed by atoms with Gasteiger partial charge in [-0.05, 0) is 53.8 Å². The molecule has 1 saturated heterocycles. The molecule has 2 aromatic rings. The molecule has 3 rings (SSSR count). The summed E-state index contributed by atoms with van der Waals surface area (Å²) in [6.45, 7) is 7.23. The van der Waals surface area contributed by atoms with Crippen LogP contribution in [-0.2, 0) is 10.2 Å². The van der Waals surface area contributed by atoms with E-state index in [9.17, 15) is 9.59 Å². The minimum Gasteiger partial charge on any atom is -0.322 e. The summed E-state index contributed by atoms with van der Waals surface area (Å²) in [6.07, 6.45) is 1.50. The first-order valence-corrected chi connectivity index (χ1v) is 8.67. The van der Waals surface area contributed by atoms with E-state index in [1.807, 2.05) is 36.4 Å². The molecule has 4 heteroatoms. The molecule has 130 valence electrons. The van der Waals surface area contributed by atoms with Crippen LogP contribution in [0.3, 0.4) is 0 Å². The lowest BCUT2D eigenvalue weighted by Gasteiger charge is -2.19. The minimum absolute atomic E-state index is 0.0887. The highest BCUT2D eigenvalue weighted by atomic mass is 16.2. The van der Waals surface area contributed by atoms with Crippen molar-refractivity contribution in [2.24, 2.45) is 0 Å². The third kappa shape index (κ3) is 3.90. The quantitative estimate of drug-likeness (QED) is 0.905. The van der Waals surface area contributed by atoms with Crippen LogP contribution in [-0.4, -0.2) is 18.4 Å². The van der Waals surface area contributed by atoms with E-state index in [-0.39, 0.29) is 17.2 Å². The summed E-state index contributed by atoms with van der Waals surface area (Å²) < 4.78 is 0. The molecule has 2 amide bonds. The van der Waals surface area contributed by atoms with Gasteiger partial charge in [0.2, 0.25) is 5.91 Å². The average Bonchev–Trinajstić information content (AvgIpc) is 3.01. The number of hydrogen-bond donors (Lipinski definition) is 1. The summed E-state index contributed by atoms with van der Waals surface area (Å²) >= 11 is 0. The van der Waals surface area contributed by atoms with Crippen molar-refractivity contribution in [3.05, 3.63) is 59.7 Å². The Balaban J connectivity index is 1.68. The Labute approximate surface area is 148 Å². The number of amides is 2. The molecule has 0 radical (unpaired) electrons. The van der Waals surface area contributed by atoms with Gasteiger partial charge in [0, 0.05) is 29.9 Å². The van der Waals surface area contributed by atoms with Crippen LogP contribution in [0.15, 0.2) is 48.5 Å². The molecule has 1 heterocycles. The molecule has 1 fully saturated rings. The lowest BCUT2D eigenvalue weighted by atomic mass is 9.87. The zero-order valence-electron chi connectivity index (χ0n) is 15.0. The van der Waals surface area contributed by atoms with Gasteiger partial charge in [-0.15, -0.1) is 0 Å². The lowest BCUT2D eigenvalue weighted by molar-refractivity contribution is -0.117. The zero-order chi connectivity index (χ0) is 18.0. The maximum absolute atomic E-state index is 12.4. The maximum Gasteiger partial charge on any atom is 0.255 e.